The van der Waals surface area contributed by atoms with Crippen LogP contribution in [0, 0.1) is 27.7 Å². The molecule has 0 unspecified atom stereocenters. The van der Waals surface area contributed by atoms with Gasteiger partial charge in [0.2, 0.25) is 0 Å². The van der Waals surface area contributed by atoms with Crippen molar-refractivity contribution in [2.45, 2.75) is 27.7 Å². The smallest absolute Gasteiger partial charge is 0.321 e. The van der Waals surface area contributed by atoms with Gasteiger partial charge >= 0.3 is 6.03 Å². The second kappa shape index (κ2) is 7.05. The fraction of sp³-hybridized carbons (Fsp3) is 0.278. The lowest BCUT2D eigenvalue weighted by atomic mass is 10.1. The largest absolute Gasteiger partial charge is 0.506 e. The Morgan fingerprint density at radius 1 is 1.09 bits per heavy atom. The number of urea groups is 1. The predicted molar refractivity (Wildman–Crippen MR) is 91.1 cm³/mol. The van der Waals surface area contributed by atoms with E-state index < -0.39 is 6.03 Å². The average molecular weight is 314 g/mol. The average Bonchev–Trinajstić information content (AvgIpc) is 2.50. The summed E-state index contributed by atoms with van der Waals surface area (Å²) in [6.07, 6.45) is 0. The molecular weight excluding hydrogens is 292 g/mol. The third kappa shape index (κ3) is 4.16. The maximum Gasteiger partial charge on any atom is 0.321 e. The summed E-state index contributed by atoms with van der Waals surface area (Å²) in [5.41, 5.74) is 4.53. The molecule has 2 aromatic carbocycles. The molecule has 0 aromatic heterocycles. The molecule has 2 aromatic rings. The minimum Gasteiger partial charge on any atom is -0.506 e. The van der Waals surface area contributed by atoms with E-state index in [0.29, 0.717) is 5.69 Å². The third-order valence-corrected chi connectivity index (χ3v) is 3.72. The maximum absolute atomic E-state index is 11.9. The van der Waals surface area contributed by atoms with Crippen LogP contribution in [0.4, 0.5) is 10.5 Å². The van der Waals surface area contributed by atoms with Crippen LogP contribution < -0.4 is 15.4 Å². The molecule has 0 fully saturated rings. The van der Waals surface area contributed by atoms with Crippen molar-refractivity contribution in [3.63, 3.8) is 0 Å². The minimum absolute atomic E-state index is 0.0250. The predicted octanol–water partition coefficient (Wildman–Crippen LogP) is 3.78. The van der Waals surface area contributed by atoms with E-state index in [1.807, 2.05) is 39.8 Å². The van der Waals surface area contributed by atoms with Gasteiger partial charge in [-0.05, 0) is 62.1 Å². The Labute approximate surface area is 136 Å². The van der Waals surface area contributed by atoms with Crippen LogP contribution in [0.1, 0.15) is 22.3 Å². The van der Waals surface area contributed by atoms with Crippen LogP contribution in [0.2, 0.25) is 0 Å². The van der Waals surface area contributed by atoms with Gasteiger partial charge in [-0.1, -0.05) is 18.2 Å². The van der Waals surface area contributed by atoms with E-state index in [1.165, 1.54) is 0 Å². The van der Waals surface area contributed by atoms with Crippen LogP contribution in [0.25, 0.3) is 0 Å². The number of nitrogens with one attached hydrogen (secondary N) is 2. The van der Waals surface area contributed by atoms with Crippen molar-refractivity contribution in [3.8, 4) is 11.5 Å². The van der Waals surface area contributed by atoms with Crippen LogP contribution in [-0.4, -0.2) is 17.9 Å². The van der Waals surface area contributed by atoms with Crippen molar-refractivity contribution >= 4 is 11.7 Å². The van der Waals surface area contributed by atoms with Gasteiger partial charge in [-0.15, -0.1) is 0 Å². The number of carbonyl (C=O) groups excluding carboxylic acids is 1. The molecule has 0 saturated heterocycles. The number of phenolic OH excluding ortho intramolecular Hbond substituents is 1. The molecule has 0 saturated carbocycles. The fourth-order valence-electron chi connectivity index (χ4n) is 2.24. The quantitative estimate of drug-likeness (QED) is 0.594. The highest BCUT2D eigenvalue weighted by Gasteiger charge is 2.09. The first-order chi connectivity index (χ1) is 10.9. The Hall–Kier alpha value is -2.69. The van der Waals surface area contributed by atoms with Crippen LogP contribution in [0.15, 0.2) is 30.3 Å². The summed E-state index contributed by atoms with van der Waals surface area (Å²) in [5, 5.41) is 14.9. The first-order valence-corrected chi connectivity index (χ1v) is 7.42. The number of rotatable bonds is 4. The highest BCUT2D eigenvalue weighted by Crippen LogP contribution is 2.25. The number of aromatic hydroxyl groups is 1. The van der Waals surface area contributed by atoms with Gasteiger partial charge in [-0.3, -0.25) is 0 Å². The van der Waals surface area contributed by atoms with Crippen LogP contribution in [0.5, 0.6) is 11.5 Å². The number of anilines is 1. The molecule has 23 heavy (non-hydrogen) atoms. The molecule has 122 valence electrons. The Balaban J connectivity index is 1.93. The number of amides is 2. The second-order valence-corrected chi connectivity index (χ2v) is 5.59. The van der Waals surface area contributed by atoms with E-state index in [4.69, 9.17) is 4.74 Å². The highest BCUT2D eigenvalue weighted by atomic mass is 16.5. The van der Waals surface area contributed by atoms with Gasteiger partial charge in [-0.25, -0.2) is 4.79 Å². The standard InChI is InChI=1S/C18H22N2O3/c1-11-5-8-16(21)15(9-11)20-18(22)19-10-23-17-13(3)7-6-12(2)14(17)4/h5-9,21H,10H2,1-4H3,(H2,19,20,22). The zero-order valence-electron chi connectivity index (χ0n) is 13.9. The molecule has 0 spiro atoms. The number of hydrogen-bond donors (Lipinski definition) is 3. The summed E-state index contributed by atoms with van der Waals surface area (Å²) in [7, 11) is 0. The zero-order valence-corrected chi connectivity index (χ0v) is 13.9. The molecule has 0 heterocycles. The van der Waals surface area contributed by atoms with Crippen molar-refractivity contribution in [2.75, 3.05) is 12.0 Å². The summed E-state index contributed by atoms with van der Waals surface area (Å²) in [4.78, 5) is 11.9. The number of carbonyl (C=O) groups is 1. The van der Waals surface area contributed by atoms with E-state index in [9.17, 15) is 9.90 Å². The van der Waals surface area contributed by atoms with Gasteiger partial charge in [0.05, 0.1) is 5.69 Å². The monoisotopic (exact) mass is 314 g/mol. The highest BCUT2D eigenvalue weighted by molar-refractivity contribution is 5.90. The minimum atomic E-state index is -0.436. The lowest BCUT2D eigenvalue weighted by molar-refractivity contribution is 0.234. The molecule has 0 aliphatic rings. The van der Waals surface area contributed by atoms with Crippen molar-refractivity contribution in [1.29, 1.82) is 0 Å². The first kappa shape index (κ1) is 16.7. The Kier molecular flexibility index (Phi) is 5.11. The molecule has 2 amide bonds. The van der Waals surface area contributed by atoms with Crippen LogP contribution >= 0.6 is 0 Å². The summed E-state index contributed by atoms with van der Waals surface area (Å²) in [5.74, 6) is 0.806. The molecule has 0 aliphatic carbocycles. The molecule has 3 N–H and O–H groups in total. The van der Waals surface area contributed by atoms with Gasteiger partial charge in [0.15, 0.2) is 6.73 Å². The van der Waals surface area contributed by atoms with Gasteiger partial charge in [0.25, 0.3) is 0 Å². The van der Waals surface area contributed by atoms with Crippen molar-refractivity contribution in [2.24, 2.45) is 0 Å². The lowest BCUT2D eigenvalue weighted by Crippen LogP contribution is -2.32. The van der Waals surface area contributed by atoms with Crippen LogP contribution in [-0.2, 0) is 0 Å². The van der Waals surface area contributed by atoms with E-state index in [2.05, 4.69) is 10.6 Å². The molecular formula is C18H22N2O3. The van der Waals surface area contributed by atoms with Crippen molar-refractivity contribution < 1.29 is 14.6 Å². The van der Waals surface area contributed by atoms with Gasteiger partial charge in [-0.2, -0.15) is 0 Å². The van der Waals surface area contributed by atoms with E-state index >= 15 is 0 Å². The number of aryl methyl sites for hydroxylation is 3. The Bertz CT molecular complexity index is 726. The number of benzene rings is 2. The summed E-state index contributed by atoms with van der Waals surface area (Å²) in [6, 6.07) is 8.60. The number of phenols is 1. The number of hydrogen-bond acceptors (Lipinski definition) is 3. The first-order valence-electron chi connectivity index (χ1n) is 7.42. The molecule has 0 radical (unpaired) electrons. The summed E-state index contributed by atoms with van der Waals surface area (Å²) in [6.45, 7) is 7.90. The van der Waals surface area contributed by atoms with Crippen LogP contribution in [0.3, 0.4) is 0 Å². The van der Waals surface area contributed by atoms with Gasteiger partial charge in [0, 0.05) is 0 Å². The zero-order chi connectivity index (χ0) is 17.0. The molecule has 0 bridgehead atoms. The van der Waals surface area contributed by atoms with Crippen molar-refractivity contribution in [1.82, 2.24) is 5.32 Å². The third-order valence-electron chi connectivity index (χ3n) is 3.72. The van der Waals surface area contributed by atoms with Gasteiger partial charge in [0.1, 0.15) is 11.5 Å². The Morgan fingerprint density at radius 3 is 2.52 bits per heavy atom. The SMILES string of the molecule is Cc1ccc(O)c(NC(=O)NCOc2c(C)ccc(C)c2C)c1. The second-order valence-electron chi connectivity index (χ2n) is 5.59. The van der Waals surface area contributed by atoms with E-state index in [0.717, 1.165) is 28.0 Å². The fourth-order valence-corrected chi connectivity index (χ4v) is 2.24. The Morgan fingerprint density at radius 2 is 1.78 bits per heavy atom. The molecule has 2 rings (SSSR count). The molecule has 5 nitrogen and oxygen atoms in total. The van der Waals surface area contributed by atoms with E-state index in [1.54, 1.807) is 18.2 Å². The molecule has 0 atom stereocenters. The van der Waals surface area contributed by atoms with Crippen molar-refractivity contribution in [3.05, 3.63) is 52.6 Å². The lowest BCUT2D eigenvalue weighted by Gasteiger charge is -2.15. The normalized spacial score (nSPS) is 10.3. The molecule has 0 aliphatic heterocycles. The topological polar surface area (TPSA) is 70.6 Å². The number of ether oxygens (including phenoxy) is 1. The summed E-state index contributed by atoms with van der Waals surface area (Å²) < 4.78 is 5.68. The summed E-state index contributed by atoms with van der Waals surface area (Å²) >= 11 is 0. The van der Waals surface area contributed by atoms with E-state index in [-0.39, 0.29) is 12.5 Å². The molecule has 5 heteroatoms. The van der Waals surface area contributed by atoms with Gasteiger partial charge < -0.3 is 20.5 Å². The maximum atomic E-state index is 11.9.